The summed E-state index contributed by atoms with van der Waals surface area (Å²) >= 11 is 0. The number of carbonyl (C=O) groups excluding carboxylic acids is 2. The zero-order chi connectivity index (χ0) is 30.9. The van der Waals surface area contributed by atoms with E-state index in [1.807, 2.05) is 0 Å². The minimum atomic E-state index is 0.0238. The zero-order valence-corrected chi connectivity index (χ0v) is 28.3. The van der Waals surface area contributed by atoms with Gasteiger partial charge in [0, 0.05) is 31.5 Å². The standard InChI is InChI=1S/C37H68O4/c1-9-11-13-15-17-19-25-37(26-20-18-16-14-12-10-2,29-40-27-33(7)21-23-35(38)31(3)4)30-41-28-34(8)22-24-36(39)32(5)6/h33-34H,3,5,9-30H2,1-2,4,6-8H3. The minimum Gasteiger partial charge on any atom is -0.381 e. The third-order valence-corrected chi connectivity index (χ3v) is 8.42. The van der Waals surface area contributed by atoms with Gasteiger partial charge in [-0.05, 0) is 62.5 Å². The summed E-state index contributed by atoms with van der Waals surface area (Å²) in [5.74, 6) is 0.992. The van der Waals surface area contributed by atoms with Crippen molar-refractivity contribution in [2.24, 2.45) is 17.3 Å². The van der Waals surface area contributed by atoms with Gasteiger partial charge in [-0.25, -0.2) is 0 Å². The average molecular weight is 577 g/mol. The van der Waals surface area contributed by atoms with E-state index in [2.05, 4.69) is 40.9 Å². The largest absolute Gasteiger partial charge is 0.381 e. The molecular weight excluding hydrogens is 508 g/mol. The number of rotatable bonds is 30. The molecule has 0 spiro atoms. The molecule has 0 amide bonds. The second kappa shape index (κ2) is 25.3. The van der Waals surface area contributed by atoms with Gasteiger partial charge in [0.05, 0.1) is 13.2 Å². The van der Waals surface area contributed by atoms with E-state index in [1.165, 1.54) is 77.0 Å². The minimum absolute atomic E-state index is 0.0238. The van der Waals surface area contributed by atoms with Crippen LogP contribution < -0.4 is 0 Å². The van der Waals surface area contributed by atoms with E-state index in [4.69, 9.17) is 9.47 Å². The van der Waals surface area contributed by atoms with Crippen molar-refractivity contribution in [1.29, 1.82) is 0 Å². The molecule has 240 valence electrons. The molecular formula is C37H68O4. The Morgan fingerprint density at radius 3 is 1.29 bits per heavy atom. The van der Waals surface area contributed by atoms with Crippen LogP contribution in [-0.4, -0.2) is 38.0 Å². The van der Waals surface area contributed by atoms with Crippen molar-refractivity contribution >= 4 is 11.6 Å². The lowest BCUT2D eigenvalue weighted by Gasteiger charge is -2.35. The van der Waals surface area contributed by atoms with Crippen LogP contribution in [0.5, 0.6) is 0 Å². The maximum Gasteiger partial charge on any atom is 0.157 e. The second-order valence-electron chi connectivity index (χ2n) is 13.3. The van der Waals surface area contributed by atoms with Crippen LogP contribution in [0.2, 0.25) is 0 Å². The fraction of sp³-hybridized carbons (Fsp3) is 0.838. The molecule has 0 aromatic carbocycles. The second-order valence-corrected chi connectivity index (χ2v) is 13.3. The van der Waals surface area contributed by atoms with Crippen LogP contribution >= 0.6 is 0 Å². The molecule has 0 radical (unpaired) electrons. The number of ether oxygens (including phenoxy) is 2. The maximum atomic E-state index is 12.0. The van der Waals surface area contributed by atoms with Crippen LogP contribution in [0, 0.1) is 17.3 Å². The van der Waals surface area contributed by atoms with Gasteiger partial charge in [-0.1, -0.05) is 118 Å². The van der Waals surface area contributed by atoms with E-state index >= 15 is 0 Å². The molecule has 0 aliphatic heterocycles. The molecule has 2 unspecified atom stereocenters. The van der Waals surface area contributed by atoms with Crippen molar-refractivity contribution in [2.75, 3.05) is 26.4 Å². The summed E-state index contributed by atoms with van der Waals surface area (Å²) in [7, 11) is 0. The lowest BCUT2D eigenvalue weighted by Crippen LogP contribution is -2.34. The lowest BCUT2D eigenvalue weighted by molar-refractivity contribution is -0.116. The molecule has 4 nitrogen and oxygen atoms in total. The van der Waals surface area contributed by atoms with E-state index in [1.54, 1.807) is 13.8 Å². The molecule has 0 fully saturated rings. The number of hydrogen-bond acceptors (Lipinski definition) is 4. The molecule has 0 aromatic rings. The quantitative estimate of drug-likeness (QED) is 0.0630. The Morgan fingerprint density at radius 2 is 0.951 bits per heavy atom. The lowest BCUT2D eigenvalue weighted by atomic mass is 9.79. The van der Waals surface area contributed by atoms with Crippen LogP contribution in [0.15, 0.2) is 24.3 Å². The molecule has 0 N–H and O–H groups in total. The Morgan fingerprint density at radius 1 is 0.610 bits per heavy atom. The molecule has 0 aliphatic rings. The Hall–Kier alpha value is -1.26. The van der Waals surface area contributed by atoms with Crippen molar-refractivity contribution in [3.05, 3.63) is 24.3 Å². The van der Waals surface area contributed by atoms with Crippen LogP contribution in [-0.2, 0) is 19.1 Å². The Kier molecular flexibility index (Phi) is 24.5. The molecule has 0 saturated heterocycles. The highest BCUT2D eigenvalue weighted by Crippen LogP contribution is 2.34. The molecule has 2 atom stereocenters. The van der Waals surface area contributed by atoms with Gasteiger partial charge in [-0.3, -0.25) is 9.59 Å². The molecule has 0 aromatic heterocycles. The first-order valence-electron chi connectivity index (χ1n) is 17.1. The van der Waals surface area contributed by atoms with Crippen molar-refractivity contribution in [3.8, 4) is 0 Å². The van der Waals surface area contributed by atoms with E-state index in [0.717, 1.165) is 38.9 Å². The number of Topliss-reactive ketones (excluding diaryl/α,β-unsaturated/α-hetero) is 2. The third kappa shape index (κ3) is 22.0. The van der Waals surface area contributed by atoms with Crippen molar-refractivity contribution in [2.45, 2.75) is 157 Å². The predicted octanol–water partition coefficient (Wildman–Crippen LogP) is 10.6. The summed E-state index contributed by atoms with van der Waals surface area (Å²) in [6, 6.07) is 0. The van der Waals surface area contributed by atoms with E-state index in [0.29, 0.717) is 49.0 Å². The van der Waals surface area contributed by atoms with Gasteiger partial charge in [0.1, 0.15) is 0 Å². The highest BCUT2D eigenvalue weighted by atomic mass is 16.5. The summed E-state index contributed by atoms with van der Waals surface area (Å²) < 4.78 is 12.9. The van der Waals surface area contributed by atoms with Gasteiger partial charge in [0.2, 0.25) is 0 Å². The smallest absolute Gasteiger partial charge is 0.157 e. The van der Waals surface area contributed by atoms with Gasteiger partial charge in [0.25, 0.3) is 0 Å². The van der Waals surface area contributed by atoms with Gasteiger partial charge >= 0.3 is 0 Å². The van der Waals surface area contributed by atoms with Gasteiger partial charge in [-0.2, -0.15) is 0 Å². The van der Waals surface area contributed by atoms with Gasteiger partial charge < -0.3 is 9.47 Å². The number of hydrogen-bond donors (Lipinski definition) is 0. The fourth-order valence-electron chi connectivity index (χ4n) is 5.32. The van der Waals surface area contributed by atoms with Crippen molar-refractivity contribution in [3.63, 3.8) is 0 Å². The monoisotopic (exact) mass is 577 g/mol. The summed E-state index contributed by atoms with van der Waals surface area (Å²) in [4.78, 5) is 24.0. The molecule has 0 aliphatic carbocycles. The normalized spacial score (nSPS) is 13.2. The van der Waals surface area contributed by atoms with Gasteiger partial charge in [0.15, 0.2) is 11.6 Å². The molecule has 4 heteroatoms. The molecule has 0 bridgehead atoms. The van der Waals surface area contributed by atoms with E-state index < -0.39 is 0 Å². The molecule has 0 saturated carbocycles. The van der Waals surface area contributed by atoms with Crippen LogP contribution in [0.1, 0.15) is 157 Å². The van der Waals surface area contributed by atoms with Crippen LogP contribution in [0.4, 0.5) is 0 Å². The molecule has 0 heterocycles. The highest BCUT2D eigenvalue weighted by Gasteiger charge is 2.31. The Labute approximate surface area is 255 Å². The predicted molar refractivity (Wildman–Crippen MR) is 176 cm³/mol. The third-order valence-electron chi connectivity index (χ3n) is 8.42. The van der Waals surface area contributed by atoms with Crippen molar-refractivity contribution in [1.82, 2.24) is 0 Å². The summed E-state index contributed by atoms with van der Waals surface area (Å²) in [5.41, 5.74) is 1.31. The number of unbranched alkanes of at least 4 members (excludes halogenated alkanes) is 10. The zero-order valence-electron chi connectivity index (χ0n) is 28.3. The first-order chi connectivity index (χ1) is 19.6. The average Bonchev–Trinajstić information content (AvgIpc) is 2.93. The number of allylic oxidation sites excluding steroid dienone is 2. The van der Waals surface area contributed by atoms with Crippen LogP contribution in [0.3, 0.4) is 0 Å². The van der Waals surface area contributed by atoms with Crippen molar-refractivity contribution < 1.29 is 19.1 Å². The van der Waals surface area contributed by atoms with E-state index in [-0.39, 0.29) is 17.0 Å². The first kappa shape index (κ1) is 39.7. The summed E-state index contributed by atoms with van der Waals surface area (Å²) in [6.45, 7) is 22.9. The summed E-state index contributed by atoms with van der Waals surface area (Å²) in [5, 5.41) is 0. The van der Waals surface area contributed by atoms with Crippen LogP contribution in [0.25, 0.3) is 0 Å². The molecule has 0 rings (SSSR count). The fourth-order valence-corrected chi connectivity index (χ4v) is 5.32. The summed E-state index contributed by atoms with van der Waals surface area (Å²) in [6.07, 6.45) is 20.5. The Bertz CT molecular complexity index is 650. The Balaban J connectivity index is 5.24. The highest BCUT2D eigenvalue weighted by molar-refractivity contribution is 5.94. The SMILES string of the molecule is C=C(C)C(=O)CCC(C)COCC(CCCCCCCC)(CCCCCCCC)COCC(C)CCC(=O)C(=C)C. The van der Waals surface area contributed by atoms with Gasteiger partial charge in [-0.15, -0.1) is 0 Å². The first-order valence-corrected chi connectivity index (χ1v) is 17.1. The maximum absolute atomic E-state index is 12.0. The van der Waals surface area contributed by atoms with E-state index in [9.17, 15) is 9.59 Å². The number of ketones is 2. The molecule has 41 heavy (non-hydrogen) atoms. The number of carbonyl (C=O) groups is 2. The topological polar surface area (TPSA) is 52.6 Å².